The van der Waals surface area contributed by atoms with E-state index < -0.39 is 0 Å². The first kappa shape index (κ1) is 19.5. The summed E-state index contributed by atoms with van der Waals surface area (Å²) >= 11 is 0. The van der Waals surface area contributed by atoms with Crippen LogP contribution in [-0.4, -0.2) is 62.0 Å². The molecule has 1 saturated carbocycles. The van der Waals surface area contributed by atoms with E-state index in [1.54, 1.807) is 0 Å². The molecule has 2 saturated heterocycles. The average Bonchev–Trinajstić information content (AvgIpc) is 3.22. The molecule has 2 heterocycles. The van der Waals surface area contributed by atoms with Crippen molar-refractivity contribution >= 4 is 24.2 Å². The van der Waals surface area contributed by atoms with Crippen LogP contribution >= 0.6 is 12.4 Å². The Hall–Kier alpha value is -0.850. The van der Waals surface area contributed by atoms with Crippen molar-refractivity contribution in [2.45, 2.75) is 44.6 Å². The van der Waals surface area contributed by atoms with Crippen LogP contribution in [0.25, 0.3) is 0 Å². The van der Waals surface area contributed by atoms with Gasteiger partial charge in [0.25, 0.3) is 0 Å². The molecule has 24 heavy (non-hydrogen) atoms. The van der Waals surface area contributed by atoms with Gasteiger partial charge in [0.2, 0.25) is 11.8 Å². The number of amides is 2. The number of halogens is 1. The van der Waals surface area contributed by atoms with Gasteiger partial charge in [0.05, 0.1) is 12.6 Å². The lowest BCUT2D eigenvalue weighted by molar-refractivity contribution is -0.124. The average molecular weight is 359 g/mol. The molecule has 3 aliphatic rings. The predicted molar refractivity (Wildman–Crippen MR) is 96.2 cm³/mol. The van der Waals surface area contributed by atoms with Crippen molar-refractivity contribution in [3.63, 3.8) is 0 Å². The Morgan fingerprint density at radius 2 is 1.79 bits per heavy atom. The van der Waals surface area contributed by atoms with E-state index in [-0.39, 0.29) is 30.3 Å². The number of carbonyl (C=O) groups is 2. The minimum atomic E-state index is 0. The third kappa shape index (κ3) is 6.22. The van der Waals surface area contributed by atoms with Crippen LogP contribution < -0.4 is 16.0 Å². The molecule has 3 N–H and O–H groups in total. The Morgan fingerprint density at radius 3 is 2.50 bits per heavy atom. The van der Waals surface area contributed by atoms with E-state index in [1.165, 1.54) is 12.8 Å². The molecular weight excluding hydrogens is 328 g/mol. The molecule has 1 aliphatic carbocycles. The van der Waals surface area contributed by atoms with E-state index in [1.807, 2.05) is 0 Å². The Morgan fingerprint density at radius 1 is 1.00 bits per heavy atom. The third-order valence-electron chi connectivity index (χ3n) is 5.20. The number of piperidine rings is 1. The highest BCUT2D eigenvalue weighted by Gasteiger charge is 2.26. The van der Waals surface area contributed by atoms with E-state index in [4.69, 9.17) is 0 Å². The molecule has 6 nitrogen and oxygen atoms in total. The van der Waals surface area contributed by atoms with Crippen LogP contribution in [0.3, 0.4) is 0 Å². The molecule has 0 radical (unpaired) electrons. The molecule has 3 rings (SSSR count). The van der Waals surface area contributed by atoms with Crippen molar-refractivity contribution < 1.29 is 9.59 Å². The van der Waals surface area contributed by atoms with E-state index in [2.05, 4.69) is 20.9 Å². The van der Waals surface area contributed by atoms with Gasteiger partial charge in [-0.15, -0.1) is 12.4 Å². The monoisotopic (exact) mass is 358 g/mol. The molecule has 2 unspecified atom stereocenters. The molecule has 0 aromatic heterocycles. The second kappa shape index (κ2) is 9.59. The molecule has 2 atom stereocenters. The van der Waals surface area contributed by atoms with Crippen LogP contribution in [0.4, 0.5) is 0 Å². The molecule has 0 bridgehead atoms. The zero-order valence-electron chi connectivity index (χ0n) is 14.4. The van der Waals surface area contributed by atoms with Gasteiger partial charge in [-0.3, -0.25) is 14.5 Å². The normalized spacial score (nSPS) is 27.3. The smallest absolute Gasteiger partial charge is 0.237 e. The largest absolute Gasteiger partial charge is 0.355 e. The number of hydrogen-bond acceptors (Lipinski definition) is 4. The fourth-order valence-electron chi connectivity index (χ4n) is 3.58. The molecule has 0 aromatic carbocycles. The molecule has 7 heteroatoms. The van der Waals surface area contributed by atoms with Crippen molar-refractivity contribution in [1.82, 2.24) is 20.9 Å². The predicted octanol–water partition coefficient (Wildman–Crippen LogP) is 0.515. The van der Waals surface area contributed by atoms with Gasteiger partial charge >= 0.3 is 0 Å². The summed E-state index contributed by atoms with van der Waals surface area (Å²) in [6, 6.07) is 0.00268. The summed E-state index contributed by atoms with van der Waals surface area (Å²) in [6.45, 7) is 4.94. The summed E-state index contributed by atoms with van der Waals surface area (Å²) in [4.78, 5) is 26.2. The first-order chi connectivity index (χ1) is 11.2. The second-order valence-electron chi connectivity index (χ2n) is 7.38. The van der Waals surface area contributed by atoms with E-state index >= 15 is 0 Å². The number of hydrogen-bond donors (Lipinski definition) is 3. The molecule has 138 valence electrons. The highest BCUT2D eigenvalue weighted by Crippen LogP contribution is 2.27. The van der Waals surface area contributed by atoms with Gasteiger partial charge in [-0.05, 0) is 63.5 Å². The molecule has 3 fully saturated rings. The highest BCUT2D eigenvalue weighted by atomic mass is 35.5. The number of nitrogens with one attached hydrogen (secondary N) is 3. The van der Waals surface area contributed by atoms with E-state index in [0.29, 0.717) is 12.5 Å². The maximum Gasteiger partial charge on any atom is 0.237 e. The Labute approximate surface area is 150 Å². The second-order valence-corrected chi connectivity index (χ2v) is 7.38. The van der Waals surface area contributed by atoms with E-state index in [0.717, 1.165) is 64.3 Å². The lowest BCUT2D eigenvalue weighted by Gasteiger charge is -2.32. The van der Waals surface area contributed by atoms with Gasteiger partial charge in [0.1, 0.15) is 0 Å². The summed E-state index contributed by atoms with van der Waals surface area (Å²) in [7, 11) is 0. The summed E-state index contributed by atoms with van der Waals surface area (Å²) in [6.07, 6.45) is 6.81. The Bertz CT molecular complexity index is 425. The number of nitrogens with zero attached hydrogens (tertiary/aromatic N) is 1. The topological polar surface area (TPSA) is 73.5 Å². The van der Waals surface area contributed by atoms with E-state index in [9.17, 15) is 9.59 Å². The zero-order chi connectivity index (χ0) is 16.1. The number of likely N-dealkylation sites (tertiary alicyclic amines) is 1. The van der Waals surface area contributed by atoms with Crippen molar-refractivity contribution in [3.8, 4) is 0 Å². The quantitative estimate of drug-likeness (QED) is 0.620. The summed E-state index contributed by atoms with van der Waals surface area (Å²) in [5.41, 5.74) is 0. The van der Waals surface area contributed by atoms with Gasteiger partial charge in [0.15, 0.2) is 0 Å². The zero-order valence-corrected chi connectivity index (χ0v) is 15.2. The van der Waals surface area contributed by atoms with Gasteiger partial charge in [-0.2, -0.15) is 0 Å². The van der Waals surface area contributed by atoms with Crippen LogP contribution in [0, 0.1) is 11.8 Å². The van der Waals surface area contributed by atoms with Crippen LogP contribution in [0.2, 0.25) is 0 Å². The third-order valence-corrected chi connectivity index (χ3v) is 5.20. The molecular formula is C17H31ClN4O2. The van der Waals surface area contributed by atoms with Gasteiger partial charge < -0.3 is 16.0 Å². The van der Waals surface area contributed by atoms with Crippen LogP contribution in [-0.2, 0) is 9.59 Å². The first-order valence-electron chi connectivity index (χ1n) is 9.21. The molecule has 0 aromatic rings. The van der Waals surface area contributed by atoms with Crippen LogP contribution in [0.15, 0.2) is 0 Å². The molecule has 0 spiro atoms. The number of rotatable bonds is 7. The summed E-state index contributed by atoms with van der Waals surface area (Å²) in [5, 5.41) is 9.36. The molecule has 2 amide bonds. The van der Waals surface area contributed by atoms with Gasteiger partial charge in [0, 0.05) is 19.6 Å². The lowest BCUT2D eigenvalue weighted by atomic mass is 9.98. The maximum absolute atomic E-state index is 12.1. The first-order valence-corrected chi connectivity index (χ1v) is 9.21. The SMILES string of the molecule is Cl.O=C(CN1CCCC(CNC(=O)C2CCCN2)C1)NCC1CC1. The van der Waals surface area contributed by atoms with Gasteiger partial charge in [-0.25, -0.2) is 0 Å². The van der Waals surface area contributed by atoms with Crippen LogP contribution in [0.5, 0.6) is 0 Å². The Balaban J connectivity index is 0.00000208. The maximum atomic E-state index is 12.1. The summed E-state index contributed by atoms with van der Waals surface area (Å²) in [5.74, 6) is 1.48. The van der Waals surface area contributed by atoms with Crippen molar-refractivity contribution in [1.29, 1.82) is 0 Å². The minimum Gasteiger partial charge on any atom is -0.355 e. The fraction of sp³-hybridized carbons (Fsp3) is 0.882. The van der Waals surface area contributed by atoms with Gasteiger partial charge in [-0.1, -0.05) is 0 Å². The standard InChI is InChI=1S/C17H30N4O2.ClH/c22-16(19-9-13-5-6-13)12-21-8-2-3-14(11-21)10-20-17(23)15-4-1-7-18-15;/h13-15,18H,1-12H2,(H,19,22)(H,20,23);1H. The Kier molecular flexibility index (Phi) is 7.78. The number of carbonyl (C=O) groups excluding carboxylic acids is 2. The highest BCUT2D eigenvalue weighted by molar-refractivity contribution is 5.85. The molecule has 2 aliphatic heterocycles. The van der Waals surface area contributed by atoms with Crippen molar-refractivity contribution in [2.75, 3.05) is 39.3 Å². The minimum absolute atomic E-state index is 0. The van der Waals surface area contributed by atoms with Crippen molar-refractivity contribution in [2.24, 2.45) is 11.8 Å². The van der Waals surface area contributed by atoms with Crippen LogP contribution in [0.1, 0.15) is 38.5 Å². The summed E-state index contributed by atoms with van der Waals surface area (Å²) < 4.78 is 0. The lowest BCUT2D eigenvalue weighted by Crippen LogP contribution is -2.47. The fourth-order valence-corrected chi connectivity index (χ4v) is 3.58. The van der Waals surface area contributed by atoms with Crippen molar-refractivity contribution in [3.05, 3.63) is 0 Å².